The Morgan fingerprint density at radius 2 is 2.35 bits per heavy atom. The Hall–Kier alpha value is -1.66. The van der Waals surface area contributed by atoms with E-state index in [4.69, 9.17) is 10.8 Å². The van der Waals surface area contributed by atoms with E-state index in [-0.39, 0.29) is 24.1 Å². The highest BCUT2D eigenvalue weighted by Crippen LogP contribution is 2.36. The van der Waals surface area contributed by atoms with Gasteiger partial charge in [0, 0.05) is 30.3 Å². The molecule has 1 saturated heterocycles. The third kappa shape index (κ3) is 2.05. The maximum atomic E-state index is 13.8. The number of anilines is 1. The highest BCUT2D eigenvalue weighted by Gasteiger charge is 2.29. The zero-order valence-corrected chi connectivity index (χ0v) is 11.6. The van der Waals surface area contributed by atoms with Gasteiger partial charge in [-0.3, -0.25) is 4.79 Å². The zero-order valence-electron chi connectivity index (χ0n) is 10.8. The van der Waals surface area contributed by atoms with Crippen molar-refractivity contribution in [2.75, 3.05) is 25.4 Å². The van der Waals surface area contributed by atoms with Crippen molar-refractivity contribution in [3.63, 3.8) is 0 Å². The number of amides is 1. The molecule has 0 spiro atoms. The van der Waals surface area contributed by atoms with E-state index in [1.54, 1.807) is 17.0 Å². The number of halogens is 1. The molecule has 1 unspecified atom stereocenters. The van der Waals surface area contributed by atoms with Crippen molar-refractivity contribution in [2.24, 2.45) is 5.92 Å². The number of thiophene rings is 1. The number of rotatable bonds is 2. The van der Waals surface area contributed by atoms with E-state index in [1.807, 2.05) is 0 Å². The zero-order chi connectivity index (χ0) is 14.3. The molecule has 3 N–H and O–H groups in total. The van der Waals surface area contributed by atoms with Gasteiger partial charge >= 0.3 is 0 Å². The summed E-state index contributed by atoms with van der Waals surface area (Å²) in [6, 6.07) is 4.72. The standard InChI is InChI=1S/C14H15FN2O2S/c15-9-2-1-3-10-11(9)12(16)13(20-10)14(19)17-5-4-8(6-17)7-18/h1-3,8,18H,4-7,16H2. The van der Waals surface area contributed by atoms with Crippen molar-refractivity contribution in [3.8, 4) is 0 Å². The fourth-order valence-electron chi connectivity index (χ4n) is 2.60. The molecule has 4 nitrogen and oxygen atoms in total. The summed E-state index contributed by atoms with van der Waals surface area (Å²) < 4.78 is 14.5. The first-order valence-electron chi connectivity index (χ1n) is 6.48. The molecular formula is C14H15FN2O2S. The Bertz CT molecular complexity index is 670. The van der Waals surface area contributed by atoms with Crippen LogP contribution in [0.3, 0.4) is 0 Å². The van der Waals surface area contributed by atoms with E-state index in [1.165, 1.54) is 17.4 Å². The van der Waals surface area contributed by atoms with Gasteiger partial charge in [0.1, 0.15) is 10.7 Å². The topological polar surface area (TPSA) is 66.6 Å². The maximum Gasteiger partial charge on any atom is 0.266 e. The predicted octanol–water partition coefficient (Wildman–Crippen LogP) is 2.08. The SMILES string of the molecule is Nc1c(C(=O)N2CCC(CO)C2)sc2cccc(F)c12. The van der Waals surface area contributed by atoms with Gasteiger partial charge in [0.15, 0.2) is 0 Å². The summed E-state index contributed by atoms with van der Waals surface area (Å²) in [4.78, 5) is 14.5. The molecule has 1 aliphatic rings. The summed E-state index contributed by atoms with van der Waals surface area (Å²) in [5, 5.41) is 9.46. The summed E-state index contributed by atoms with van der Waals surface area (Å²) in [6.07, 6.45) is 0.793. The van der Waals surface area contributed by atoms with E-state index >= 15 is 0 Å². The lowest BCUT2D eigenvalue weighted by atomic mass is 10.1. The summed E-state index contributed by atoms with van der Waals surface area (Å²) in [5.74, 6) is -0.435. The minimum absolute atomic E-state index is 0.0836. The van der Waals surface area contributed by atoms with Crippen LogP contribution in [0.15, 0.2) is 18.2 Å². The van der Waals surface area contributed by atoms with Gasteiger partial charge in [0.2, 0.25) is 0 Å². The first kappa shape index (κ1) is 13.3. The molecule has 1 aliphatic heterocycles. The molecule has 1 atom stereocenters. The molecule has 106 valence electrons. The number of likely N-dealkylation sites (tertiary alicyclic amines) is 1. The number of nitrogens with zero attached hydrogens (tertiary/aromatic N) is 1. The second kappa shape index (κ2) is 5.03. The third-order valence-electron chi connectivity index (χ3n) is 3.73. The van der Waals surface area contributed by atoms with Crippen molar-refractivity contribution in [1.82, 2.24) is 4.90 Å². The highest BCUT2D eigenvalue weighted by atomic mass is 32.1. The summed E-state index contributed by atoms with van der Waals surface area (Å²) >= 11 is 1.22. The molecule has 0 bridgehead atoms. The Balaban J connectivity index is 1.96. The fourth-order valence-corrected chi connectivity index (χ4v) is 3.70. The van der Waals surface area contributed by atoms with Crippen LogP contribution in [0, 0.1) is 11.7 Å². The minimum Gasteiger partial charge on any atom is -0.397 e. The van der Waals surface area contributed by atoms with Crippen molar-refractivity contribution in [1.29, 1.82) is 0 Å². The molecule has 6 heteroatoms. The minimum atomic E-state index is -0.398. The first-order valence-corrected chi connectivity index (χ1v) is 7.30. The summed E-state index contributed by atoms with van der Waals surface area (Å²) in [6.45, 7) is 1.23. The molecule has 1 aromatic heterocycles. The van der Waals surface area contributed by atoms with Gasteiger partial charge in [-0.25, -0.2) is 4.39 Å². The van der Waals surface area contributed by atoms with E-state index in [2.05, 4.69) is 0 Å². The van der Waals surface area contributed by atoms with Gasteiger partial charge in [0.25, 0.3) is 5.91 Å². The summed E-state index contributed by atoms with van der Waals surface area (Å²) in [7, 11) is 0. The van der Waals surface area contributed by atoms with Crippen LogP contribution in [0.25, 0.3) is 10.1 Å². The van der Waals surface area contributed by atoms with Crippen molar-refractivity contribution < 1.29 is 14.3 Å². The molecule has 0 radical (unpaired) electrons. The number of carbonyl (C=O) groups excluding carboxylic acids is 1. The molecule has 3 rings (SSSR count). The number of nitrogens with two attached hydrogens (primary N) is 1. The van der Waals surface area contributed by atoms with Crippen LogP contribution in [0.2, 0.25) is 0 Å². The molecule has 1 amide bonds. The van der Waals surface area contributed by atoms with Gasteiger partial charge in [0.05, 0.1) is 11.1 Å². The molecule has 0 aliphatic carbocycles. The number of nitrogen functional groups attached to an aromatic ring is 1. The molecule has 0 saturated carbocycles. The van der Waals surface area contributed by atoms with Crippen LogP contribution < -0.4 is 5.73 Å². The third-order valence-corrected chi connectivity index (χ3v) is 4.89. The highest BCUT2D eigenvalue weighted by molar-refractivity contribution is 7.21. The number of benzene rings is 1. The van der Waals surface area contributed by atoms with E-state index in [0.29, 0.717) is 28.1 Å². The van der Waals surface area contributed by atoms with Gasteiger partial charge in [-0.05, 0) is 18.6 Å². The van der Waals surface area contributed by atoms with Crippen LogP contribution in [0.4, 0.5) is 10.1 Å². The molecular weight excluding hydrogens is 279 g/mol. The molecule has 20 heavy (non-hydrogen) atoms. The maximum absolute atomic E-state index is 13.8. The lowest BCUT2D eigenvalue weighted by molar-refractivity contribution is 0.0787. The lowest BCUT2D eigenvalue weighted by Crippen LogP contribution is -2.29. The van der Waals surface area contributed by atoms with Gasteiger partial charge in [-0.1, -0.05) is 6.07 Å². The lowest BCUT2D eigenvalue weighted by Gasteiger charge is -2.15. The quantitative estimate of drug-likeness (QED) is 0.891. The largest absolute Gasteiger partial charge is 0.397 e. The monoisotopic (exact) mass is 294 g/mol. The first-order chi connectivity index (χ1) is 9.61. The molecule has 2 heterocycles. The second-order valence-electron chi connectivity index (χ2n) is 5.05. The van der Waals surface area contributed by atoms with Crippen LogP contribution in [-0.4, -0.2) is 35.6 Å². The summed E-state index contributed by atoms with van der Waals surface area (Å²) in [5.41, 5.74) is 6.17. The number of hydrogen-bond acceptors (Lipinski definition) is 4. The number of carbonyl (C=O) groups is 1. The van der Waals surface area contributed by atoms with E-state index < -0.39 is 5.82 Å². The van der Waals surface area contributed by atoms with Crippen LogP contribution in [-0.2, 0) is 0 Å². The van der Waals surface area contributed by atoms with Gasteiger partial charge in [-0.15, -0.1) is 11.3 Å². The van der Waals surface area contributed by atoms with Crippen molar-refractivity contribution >= 4 is 33.0 Å². The van der Waals surface area contributed by atoms with E-state index in [0.717, 1.165) is 6.42 Å². The predicted molar refractivity (Wildman–Crippen MR) is 77.3 cm³/mol. The molecule has 2 aromatic rings. The smallest absolute Gasteiger partial charge is 0.266 e. The Labute approximate surface area is 119 Å². The second-order valence-corrected chi connectivity index (χ2v) is 6.10. The van der Waals surface area contributed by atoms with Gasteiger partial charge in [-0.2, -0.15) is 0 Å². The van der Waals surface area contributed by atoms with Crippen LogP contribution in [0.5, 0.6) is 0 Å². The van der Waals surface area contributed by atoms with Gasteiger partial charge < -0.3 is 15.7 Å². The van der Waals surface area contributed by atoms with Crippen LogP contribution >= 0.6 is 11.3 Å². The van der Waals surface area contributed by atoms with Crippen molar-refractivity contribution in [3.05, 3.63) is 28.9 Å². The average Bonchev–Trinajstić information content (AvgIpc) is 3.04. The normalized spacial score (nSPS) is 18.9. The average molecular weight is 294 g/mol. The number of hydrogen-bond donors (Lipinski definition) is 2. The number of fused-ring (bicyclic) bond motifs is 1. The fraction of sp³-hybridized carbons (Fsp3) is 0.357. The number of aliphatic hydroxyl groups is 1. The number of aliphatic hydroxyl groups excluding tert-OH is 1. The Morgan fingerprint density at radius 1 is 1.55 bits per heavy atom. The van der Waals surface area contributed by atoms with Crippen LogP contribution in [0.1, 0.15) is 16.1 Å². The molecule has 1 fully saturated rings. The van der Waals surface area contributed by atoms with E-state index in [9.17, 15) is 9.18 Å². The molecule has 1 aromatic carbocycles. The Morgan fingerprint density at radius 3 is 3.00 bits per heavy atom. The Kier molecular flexibility index (Phi) is 3.35. The van der Waals surface area contributed by atoms with Crippen molar-refractivity contribution in [2.45, 2.75) is 6.42 Å².